The second-order valence-electron chi connectivity index (χ2n) is 7.91. The summed E-state index contributed by atoms with van der Waals surface area (Å²) in [6, 6.07) is 24.9. The van der Waals surface area contributed by atoms with Crippen LogP contribution in [0.4, 0.5) is 0 Å². The van der Waals surface area contributed by atoms with Gasteiger partial charge in [-0.15, -0.1) is 0 Å². The highest BCUT2D eigenvalue weighted by atomic mass is 31.2. The van der Waals surface area contributed by atoms with Crippen LogP contribution < -0.4 is 20.1 Å². The van der Waals surface area contributed by atoms with Gasteiger partial charge in [-0.1, -0.05) is 68.8 Å². The quantitative estimate of drug-likeness (QED) is 0.378. The molecule has 1 amide bonds. The summed E-state index contributed by atoms with van der Waals surface area (Å²) in [4.78, 5) is 13.1. The first-order chi connectivity index (χ1) is 16.4. The molecule has 0 bridgehead atoms. The van der Waals surface area contributed by atoms with Gasteiger partial charge < -0.3 is 20.1 Å². The lowest BCUT2D eigenvalue weighted by Crippen LogP contribution is -2.46. The molecule has 3 aromatic carbocycles. The van der Waals surface area contributed by atoms with Gasteiger partial charge in [-0.25, -0.2) is 4.57 Å². The van der Waals surface area contributed by atoms with E-state index in [1.165, 1.54) is 0 Å². The number of carbonyl (C=O) groups excluding carboxylic acids is 1. The van der Waals surface area contributed by atoms with Crippen molar-refractivity contribution in [1.82, 2.24) is 5.32 Å². The molecule has 3 N–H and O–H groups in total. The first-order valence-electron chi connectivity index (χ1n) is 11.0. The molecular formula is C26H28N3O4P. The van der Waals surface area contributed by atoms with Gasteiger partial charge in [0.15, 0.2) is 5.78 Å². The largest absolute Gasteiger partial charge is 0.457 e. The minimum atomic E-state index is -4.15. The number of amides is 1. The molecule has 0 heterocycles. The summed E-state index contributed by atoms with van der Waals surface area (Å²) >= 11 is 0. The lowest BCUT2D eigenvalue weighted by Gasteiger charge is -2.30. The Morgan fingerprint density at radius 3 is 2.06 bits per heavy atom. The molecule has 0 saturated heterocycles. The summed E-state index contributed by atoms with van der Waals surface area (Å²) in [7, 11) is -4.15. The molecule has 1 unspecified atom stereocenters. The SMILES string of the molecule is CC[C@H](C)[C@H](N)C(=O)NC(c1cccc(C#N)c1)P(=O)(Oc1ccccc1)Oc1ccccc1. The molecule has 3 atom stereocenters. The van der Waals surface area contributed by atoms with E-state index < -0.39 is 25.3 Å². The van der Waals surface area contributed by atoms with Gasteiger partial charge in [-0.05, 0) is 47.9 Å². The Morgan fingerprint density at radius 1 is 1.00 bits per heavy atom. The summed E-state index contributed by atoms with van der Waals surface area (Å²) in [6.07, 6.45) is 0.696. The zero-order valence-electron chi connectivity index (χ0n) is 19.1. The van der Waals surface area contributed by atoms with Crippen molar-refractivity contribution in [2.45, 2.75) is 32.1 Å². The minimum Gasteiger partial charge on any atom is -0.414 e. The van der Waals surface area contributed by atoms with E-state index in [1.54, 1.807) is 84.9 Å². The van der Waals surface area contributed by atoms with Crippen LogP contribution in [0.3, 0.4) is 0 Å². The number of nitrogens with two attached hydrogens (primary N) is 1. The predicted octanol–water partition coefficient (Wildman–Crippen LogP) is 5.40. The number of carbonyl (C=O) groups is 1. The molecule has 0 aliphatic heterocycles. The van der Waals surface area contributed by atoms with Gasteiger partial charge in [0.25, 0.3) is 0 Å². The van der Waals surface area contributed by atoms with Crippen LogP contribution in [0.5, 0.6) is 11.5 Å². The minimum absolute atomic E-state index is 0.101. The van der Waals surface area contributed by atoms with Crippen molar-refractivity contribution in [3.8, 4) is 17.6 Å². The average Bonchev–Trinajstić information content (AvgIpc) is 2.87. The number of nitrogens with one attached hydrogen (secondary N) is 1. The van der Waals surface area contributed by atoms with E-state index in [4.69, 9.17) is 14.8 Å². The molecule has 0 saturated carbocycles. The molecule has 34 heavy (non-hydrogen) atoms. The monoisotopic (exact) mass is 477 g/mol. The highest BCUT2D eigenvalue weighted by Crippen LogP contribution is 2.59. The van der Waals surface area contributed by atoms with Gasteiger partial charge in [-0.2, -0.15) is 5.26 Å². The van der Waals surface area contributed by atoms with Gasteiger partial charge in [0.1, 0.15) is 11.5 Å². The number of nitriles is 1. The molecule has 0 aliphatic rings. The third-order valence-electron chi connectivity index (χ3n) is 5.44. The molecule has 0 fully saturated rings. The molecule has 3 aromatic rings. The summed E-state index contributed by atoms with van der Waals surface area (Å²) < 4.78 is 26.4. The van der Waals surface area contributed by atoms with Crippen molar-refractivity contribution in [1.29, 1.82) is 5.26 Å². The third kappa shape index (κ3) is 6.26. The van der Waals surface area contributed by atoms with E-state index in [1.807, 2.05) is 13.8 Å². The van der Waals surface area contributed by atoms with Crippen LogP contribution >= 0.6 is 7.60 Å². The van der Waals surface area contributed by atoms with E-state index >= 15 is 0 Å². The van der Waals surface area contributed by atoms with E-state index in [0.717, 1.165) is 0 Å². The Bertz CT molecular complexity index is 1140. The fourth-order valence-electron chi connectivity index (χ4n) is 3.25. The first kappa shape index (κ1) is 25.0. The summed E-state index contributed by atoms with van der Waals surface area (Å²) in [5, 5.41) is 12.2. The molecule has 3 rings (SSSR count). The predicted molar refractivity (Wildman–Crippen MR) is 131 cm³/mol. The molecule has 8 heteroatoms. The van der Waals surface area contributed by atoms with Gasteiger partial charge in [0.2, 0.25) is 5.91 Å². The van der Waals surface area contributed by atoms with Gasteiger partial charge in [-0.3, -0.25) is 4.79 Å². The normalized spacial score (nSPS) is 13.7. The number of para-hydroxylation sites is 2. The molecule has 0 aliphatic carbocycles. The Hall–Kier alpha value is -3.59. The van der Waals surface area contributed by atoms with E-state index in [-0.39, 0.29) is 5.92 Å². The van der Waals surface area contributed by atoms with Gasteiger partial charge >= 0.3 is 7.60 Å². The Kier molecular flexibility index (Phi) is 8.48. The average molecular weight is 478 g/mol. The number of hydrogen-bond acceptors (Lipinski definition) is 6. The van der Waals surface area contributed by atoms with Crippen molar-refractivity contribution in [3.05, 3.63) is 96.1 Å². The van der Waals surface area contributed by atoms with Crippen LogP contribution in [0, 0.1) is 17.2 Å². The van der Waals surface area contributed by atoms with Gasteiger partial charge in [0.05, 0.1) is 17.7 Å². The van der Waals surface area contributed by atoms with Crippen LogP contribution in [0.15, 0.2) is 84.9 Å². The Labute approximate surface area is 200 Å². The number of rotatable bonds is 10. The number of hydrogen-bond donors (Lipinski definition) is 2. The van der Waals surface area contributed by atoms with Crippen molar-refractivity contribution in [3.63, 3.8) is 0 Å². The topological polar surface area (TPSA) is 114 Å². The fraction of sp³-hybridized carbons (Fsp3) is 0.231. The standard InChI is InChI=1S/C26H28N3O4P/c1-3-19(2)24(28)25(30)29-26(21-12-10-11-20(17-21)18-27)34(31,32-22-13-6-4-7-14-22)33-23-15-8-5-9-16-23/h4-17,19,24,26H,3,28H2,1-2H3,(H,29,30)/t19-,24-,26?/m0/s1. The number of nitrogens with zero attached hydrogens (tertiary/aromatic N) is 1. The maximum atomic E-state index is 14.5. The molecule has 0 aromatic heterocycles. The maximum absolute atomic E-state index is 14.5. The first-order valence-corrected chi connectivity index (χ1v) is 12.6. The van der Waals surface area contributed by atoms with E-state index in [2.05, 4.69) is 11.4 Å². The molecule has 0 radical (unpaired) electrons. The van der Waals surface area contributed by atoms with Crippen LogP contribution in [-0.4, -0.2) is 11.9 Å². The lowest BCUT2D eigenvalue weighted by molar-refractivity contribution is -0.123. The summed E-state index contributed by atoms with van der Waals surface area (Å²) in [6.45, 7) is 3.81. The smallest absolute Gasteiger partial charge is 0.414 e. The molecule has 176 valence electrons. The van der Waals surface area contributed by atoms with Crippen molar-refractivity contribution < 1.29 is 18.4 Å². The van der Waals surface area contributed by atoms with E-state index in [0.29, 0.717) is 29.0 Å². The third-order valence-corrected chi connectivity index (χ3v) is 7.43. The molecule has 7 nitrogen and oxygen atoms in total. The van der Waals surface area contributed by atoms with Crippen molar-refractivity contribution in [2.24, 2.45) is 11.7 Å². The van der Waals surface area contributed by atoms with Crippen LogP contribution in [-0.2, 0) is 9.36 Å². The van der Waals surface area contributed by atoms with Crippen LogP contribution in [0.1, 0.15) is 37.2 Å². The van der Waals surface area contributed by atoms with Crippen molar-refractivity contribution in [2.75, 3.05) is 0 Å². The van der Waals surface area contributed by atoms with Crippen LogP contribution in [0.25, 0.3) is 0 Å². The van der Waals surface area contributed by atoms with Crippen molar-refractivity contribution >= 4 is 13.5 Å². The van der Waals surface area contributed by atoms with E-state index in [9.17, 15) is 14.6 Å². The van der Waals surface area contributed by atoms with Gasteiger partial charge in [0, 0.05) is 0 Å². The summed E-state index contributed by atoms with van der Waals surface area (Å²) in [5.74, 6) is -1.19. The second kappa shape index (κ2) is 11.5. The molecule has 0 spiro atoms. The Balaban J connectivity index is 2.10. The molecular weight excluding hydrogens is 449 g/mol. The Morgan fingerprint density at radius 2 is 1.56 bits per heavy atom. The summed E-state index contributed by atoms with van der Waals surface area (Å²) in [5.41, 5.74) is 6.91. The maximum Gasteiger partial charge on any atom is 0.457 e. The fourth-order valence-corrected chi connectivity index (χ4v) is 5.14. The number of benzene rings is 3. The lowest BCUT2D eigenvalue weighted by atomic mass is 9.99. The zero-order valence-corrected chi connectivity index (χ0v) is 20.0. The second-order valence-corrected chi connectivity index (χ2v) is 9.87. The highest BCUT2D eigenvalue weighted by molar-refractivity contribution is 7.55. The zero-order chi connectivity index (χ0) is 24.6. The van der Waals surface area contributed by atoms with Crippen LogP contribution in [0.2, 0.25) is 0 Å². The highest BCUT2D eigenvalue weighted by Gasteiger charge is 2.43.